The SMILES string of the molecule is CC(=O)OCC(CCc1ccccc1)CCc1ccc(Cl)cc1.c1c[nH]cn1. The molecule has 1 aromatic heterocycles. The van der Waals surface area contributed by atoms with Crippen LogP contribution in [0.1, 0.15) is 30.9 Å². The van der Waals surface area contributed by atoms with Crippen LogP contribution in [0, 0.1) is 5.92 Å². The van der Waals surface area contributed by atoms with Gasteiger partial charge in [0.25, 0.3) is 0 Å². The number of nitrogens with zero attached hydrogens (tertiary/aromatic N) is 1. The molecule has 148 valence electrons. The third-order valence-corrected chi connectivity index (χ3v) is 4.62. The fourth-order valence-electron chi connectivity index (χ4n) is 2.80. The van der Waals surface area contributed by atoms with E-state index in [1.54, 1.807) is 18.7 Å². The van der Waals surface area contributed by atoms with Crippen LogP contribution in [0.4, 0.5) is 0 Å². The van der Waals surface area contributed by atoms with Crippen molar-refractivity contribution in [1.82, 2.24) is 9.97 Å². The fourth-order valence-corrected chi connectivity index (χ4v) is 2.92. The van der Waals surface area contributed by atoms with Crippen molar-refractivity contribution < 1.29 is 9.53 Å². The standard InChI is InChI=1S/C20H23ClO2.C3H4N2/c1-16(22)23-15-19(9-7-17-5-3-2-4-6-17)10-8-18-11-13-20(21)14-12-18;1-2-5-3-4-1/h2-6,11-14,19H,7-10,15H2,1H3;1-3H,(H,4,5). The topological polar surface area (TPSA) is 55.0 Å². The quantitative estimate of drug-likeness (QED) is 0.510. The van der Waals surface area contributed by atoms with Crippen LogP contribution >= 0.6 is 11.6 Å². The highest BCUT2D eigenvalue weighted by molar-refractivity contribution is 6.30. The van der Waals surface area contributed by atoms with Crippen molar-refractivity contribution >= 4 is 17.6 Å². The van der Waals surface area contributed by atoms with E-state index in [0.29, 0.717) is 12.5 Å². The van der Waals surface area contributed by atoms with Gasteiger partial charge >= 0.3 is 5.97 Å². The first-order valence-electron chi connectivity index (χ1n) is 9.48. The van der Waals surface area contributed by atoms with Crippen LogP contribution < -0.4 is 0 Å². The monoisotopic (exact) mass is 398 g/mol. The molecule has 0 bridgehead atoms. The lowest BCUT2D eigenvalue weighted by molar-refractivity contribution is -0.142. The number of imidazole rings is 1. The van der Waals surface area contributed by atoms with E-state index in [9.17, 15) is 4.79 Å². The Bertz CT molecular complexity index is 757. The highest BCUT2D eigenvalue weighted by atomic mass is 35.5. The lowest BCUT2D eigenvalue weighted by Gasteiger charge is -2.17. The third-order valence-electron chi connectivity index (χ3n) is 4.37. The summed E-state index contributed by atoms with van der Waals surface area (Å²) in [6.45, 7) is 1.96. The number of aromatic amines is 1. The van der Waals surface area contributed by atoms with Crippen molar-refractivity contribution in [2.75, 3.05) is 6.61 Å². The minimum atomic E-state index is -0.207. The molecule has 0 radical (unpaired) electrons. The predicted octanol–water partition coefficient (Wildman–Crippen LogP) is 5.49. The van der Waals surface area contributed by atoms with Crippen molar-refractivity contribution in [3.63, 3.8) is 0 Å². The molecule has 5 heteroatoms. The van der Waals surface area contributed by atoms with Crippen molar-refractivity contribution in [1.29, 1.82) is 0 Å². The maximum absolute atomic E-state index is 11.1. The second-order valence-corrected chi connectivity index (χ2v) is 7.06. The number of aryl methyl sites for hydroxylation is 2. The number of hydrogen-bond acceptors (Lipinski definition) is 3. The molecule has 0 aliphatic heterocycles. The number of nitrogens with one attached hydrogen (secondary N) is 1. The van der Waals surface area contributed by atoms with E-state index in [0.717, 1.165) is 30.7 Å². The summed E-state index contributed by atoms with van der Waals surface area (Å²) in [5.74, 6) is 0.163. The molecule has 1 N–H and O–H groups in total. The summed E-state index contributed by atoms with van der Waals surface area (Å²) >= 11 is 5.92. The van der Waals surface area contributed by atoms with Crippen molar-refractivity contribution in [3.8, 4) is 0 Å². The number of esters is 1. The predicted molar refractivity (Wildman–Crippen MR) is 113 cm³/mol. The zero-order chi connectivity index (χ0) is 20.0. The highest BCUT2D eigenvalue weighted by Crippen LogP contribution is 2.18. The van der Waals surface area contributed by atoms with Crippen LogP contribution in [0.3, 0.4) is 0 Å². The molecule has 0 saturated heterocycles. The number of rotatable bonds is 8. The number of hydrogen-bond donors (Lipinski definition) is 1. The normalized spacial score (nSPS) is 11.2. The minimum Gasteiger partial charge on any atom is -0.466 e. The second-order valence-electron chi connectivity index (χ2n) is 6.62. The van der Waals surface area contributed by atoms with E-state index < -0.39 is 0 Å². The van der Waals surface area contributed by atoms with Crippen LogP contribution in [0.5, 0.6) is 0 Å². The molecular weight excluding hydrogens is 372 g/mol. The summed E-state index contributed by atoms with van der Waals surface area (Å²) in [7, 11) is 0. The van der Waals surface area contributed by atoms with Crippen LogP contribution in [0.15, 0.2) is 73.3 Å². The number of carbonyl (C=O) groups excluding carboxylic acids is 1. The maximum atomic E-state index is 11.1. The Labute approximate surface area is 171 Å². The first-order valence-corrected chi connectivity index (χ1v) is 9.85. The summed E-state index contributed by atoms with van der Waals surface area (Å²) in [6, 6.07) is 18.4. The van der Waals surface area contributed by atoms with Gasteiger partial charge in [-0.3, -0.25) is 4.79 Å². The molecule has 0 saturated carbocycles. The van der Waals surface area contributed by atoms with Crippen molar-refractivity contribution in [3.05, 3.63) is 89.5 Å². The molecule has 0 aliphatic rings. The van der Waals surface area contributed by atoms with Gasteiger partial charge in [0.05, 0.1) is 12.9 Å². The van der Waals surface area contributed by atoms with E-state index in [1.165, 1.54) is 18.1 Å². The summed E-state index contributed by atoms with van der Waals surface area (Å²) in [5.41, 5.74) is 2.59. The molecule has 3 aromatic rings. The average molecular weight is 399 g/mol. The van der Waals surface area contributed by atoms with Gasteiger partial charge in [-0.25, -0.2) is 4.98 Å². The van der Waals surface area contributed by atoms with Gasteiger partial charge in [-0.15, -0.1) is 0 Å². The minimum absolute atomic E-state index is 0.207. The first-order chi connectivity index (χ1) is 13.6. The van der Waals surface area contributed by atoms with Gasteiger partial charge in [0.15, 0.2) is 0 Å². The number of carbonyl (C=O) groups is 1. The van der Waals surface area contributed by atoms with Gasteiger partial charge < -0.3 is 9.72 Å². The largest absolute Gasteiger partial charge is 0.466 e. The van der Waals surface area contributed by atoms with Crippen LogP contribution in [0.2, 0.25) is 5.02 Å². The van der Waals surface area contributed by atoms with Crippen LogP contribution in [0.25, 0.3) is 0 Å². The molecule has 0 fully saturated rings. The summed E-state index contributed by atoms with van der Waals surface area (Å²) in [6.07, 6.45) is 9.08. The van der Waals surface area contributed by atoms with Crippen molar-refractivity contribution in [2.24, 2.45) is 5.92 Å². The Kier molecular flexibility index (Phi) is 9.87. The second kappa shape index (κ2) is 12.7. The Morgan fingerprint density at radius 2 is 1.68 bits per heavy atom. The Morgan fingerprint density at radius 3 is 2.18 bits per heavy atom. The summed E-state index contributed by atoms with van der Waals surface area (Å²) in [5, 5.41) is 0.759. The number of H-pyrrole nitrogens is 1. The van der Waals surface area contributed by atoms with Gasteiger partial charge in [-0.2, -0.15) is 0 Å². The van der Waals surface area contributed by atoms with Gasteiger partial charge in [-0.05, 0) is 54.9 Å². The Hall–Kier alpha value is -2.59. The molecule has 2 aromatic carbocycles. The summed E-state index contributed by atoms with van der Waals surface area (Å²) < 4.78 is 5.24. The Morgan fingerprint density at radius 1 is 1.04 bits per heavy atom. The van der Waals surface area contributed by atoms with Crippen LogP contribution in [-0.4, -0.2) is 22.5 Å². The fraction of sp³-hybridized carbons (Fsp3) is 0.304. The van der Waals surface area contributed by atoms with E-state index in [4.69, 9.17) is 16.3 Å². The van der Waals surface area contributed by atoms with Crippen molar-refractivity contribution in [2.45, 2.75) is 32.6 Å². The molecule has 1 heterocycles. The number of ether oxygens (including phenoxy) is 1. The molecule has 0 amide bonds. The molecule has 3 rings (SSSR count). The van der Waals surface area contributed by atoms with Crippen LogP contribution in [-0.2, 0) is 22.4 Å². The molecule has 1 atom stereocenters. The van der Waals surface area contributed by atoms with Gasteiger partial charge in [0.2, 0.25) is 0 Å². The lowest BCUT2D eigenvalue weighted by Crippen LogP contribution is -2.14. The molecule has 0 spiro atoms. The highest BCUT2D eigenvalue weighted by Gasteiger charge is 2.11. The van der Waals surface area contributed by atoms with E-state index >= 15 is 0 Å². The van der Waals surface area contributed by atoms with E-state index in [-0.39, 0.29) is 5.97 Å². The number of benzene rings is 2. The zero-order valence-corrected chi connectivity index (χ0v) is 16.9. The van der Waals surface area contributed by atoms with E-state index in [1.807, 2.05) is 18.2 Å². The van der Waals surface area contributed by atoms with Gasteiger partial charge in [0.1, 0.15) is 0 Å². The maximum Gasteiger partial charge on any atom is 0.302 e. The molecule has 1 unspecified atom stereocenters. The first kappa shape index (κ1) is 21.7. The van der Waals surface area contributed by atoms with Gasteiger partial charge in [-0.1, -0.05) is 54.1 Å². The average Bonchev–Trinajstić information content (AvgIpc) is 3.29. The Balaban J connectivity index is 0.000000485. The number of halogens is 1. The molecule has 4 nitrogen and oxygen atoms in total. The summed E-state index contributed by atoms with van der Waals surface area (Å²) in [4.78, 5) is 17.5. The molecule has 0 aliphatic carbocycles. The zero-order valence-electron chi connectivity index (χ0n) is 16.2. The number of aromatic nitrogens is 2. The third kappa shape index (κ3) is 9.38. The molecular formula is C23H27ClN2O2. The van der Waals surface area contributed by atoms with E-state index in [2.05, 4.69) is 46.4 Å². The lowest BCUT2D eigenvalue weighted by atomic mass is 9.94. The van der Waals surface area contributed by atoms with Gasteiger partial charge in [0, 0.05) is 24.3 Å². The smallest absolute Gasteiger partial charge is 0.302 e. The molecule has 28 heavy (non-hydrogen) atoms.